The highest BCUT2D eigenvalue weighted by Crippen LogP contribution is 2.32. The monoisotopic (exact) mass is 305 g/mol. The van der Waals surface area contributed by atoms with Crippen molar-refractivity contribution in [2.24, 2.45) is 0 Å². The quantitative estimate of drug-likeness (QED) is 0.816. The van der Waals surface area contributed by atoms with E-state index in [2.05, 4.69) is 11.0 Å². The third-order valence-electron chi connectivity index (χ3n) is 4.02. The number of ether oxygens (including phenoxy) is 2. The van der Waals surface area contributed by atoms with Crippen molar-refractivity contribution in [2.45, 2.75) is 6.54 Å². The highest BCUT2D eigenvalue weighted by molar-refractivity contribution is 5.78. The van der Waals surface area contributed by atoms with Crippen LogP contribution in [0.3, 0.4) is 0 Å². The number of likely N-dealkylation sites (N-methyl/N-ethyl adjacent to an activating group) is 1. The van der Waals surface area contributed by atoms with Gasteiger partial charge in [0, 0.05) is 32.7 Å². The second kappa shape index (κ2) is 6.54. The Morgan fingerprint density at radius 1 is 1.14 bits per heavy atom. The Balaban J connectivity index is 1.51. The van der Waals surface area contributed by atoms with E-state index in [9.17, 15) is 4.79 Å². The zero-order valence-corrected chi connectivity index (χ0v) is 13.2. The van der Waals surface area contributed by atoms with Crippen LogP contribution in [0.1, 0.15) is 5.56 Å². The van der Waals surface area contributed by atoms with Crippen molar-refractivity contribution in [1.29, 1.82) is 0 Å². The number of hydrogen-bond donors (Lipinski definition) is 0. The van der Waals surface area contributed by atoms with Crippen LogP contribution in [-0.2, 0) is 11.3 Å². The Hall–Kier alpha value is -1.79. The molecular weight excluding hydrogens is 282 g/mol. The van der Waals surface area contributed by atoms with Gasteiger partial charge < -0.3 is 19.3 Å². The number of hydrogen-bond acceptors (Lipinski definition) is 5. The zero-order chi connectivity index (χ0) is 15.5. The van der Waals surface area contributed by atoms with E-state index in [1.165, 1.54) is 5.56 Å². The molecule has 0 saturated carbocycles. The van der Waals surface area contributed by atoms with Crippen LogP contribution < -0.4 is 9.47 Å². The summed E-state index contributed by atoms with van der Waals surface area (Å²) in [6.07, 6.45) is 0. The second-order valence-electron chi connectivity index (χ2n) is 6.08. The largest absolute Gasteiger partial charge is 0.454 e. The summed E-state index contributed by atoms with van der Waals surface area (Å²) >= 11 is 0. The SMILES string of the molecule is CN(C)CC(=O)N1CCN(Cc2ccc3c(c2)OCO3)CC1. The molecule has 0 aromatic heterocycles. The molecule has 6 heteroatoms. The molecule has 0 radical (unpaired) electrons. The van der Waals surface area contributed by atoms with Gasteiger partial charge in [0.15, 0.2) is 11.5 Å². The molecule has 6 nitrogen and oxygen atoms in total. The Kier molecular flexibility index (Phi) is 4.49. The summed E-state index contributed by atoms with van der Waals surface area (Å²) in [6.45, 7) is 5.11. The molecule has 1 saturated heterocycles. The number of rotatable bonds is 4. The first-order chi connectivity index (χ1) is 10.6. The van der Waals surface area contributed by atoms with Gasteiger partial charge in [-0.15, -0.1) is 0 Å². The van der Waals surface area contributed by atoms with E-state index in [-0.39, 0.29) is 5.91 Å². The average molecular weight is 305 g/mol. The molecule has 22 heavy (non-hydrogen) atoms. The van der Waals surface area contributed by atoms with Gasteiger partial charge in [0.1, 0.15) is 0 Å². The van der Waals surface area contributed by atoms with Crippen molar-refractivity contribution in [3.8, 4) is 11.5 Å². The Morgan fingerprint density at radius 3 is 2.59 bits per heavy atom. The lowest BCUT2D eigenvalue weighted by Gasteiger charge is -2.35. The maximum Gasteiger partial charge on any atom is 0.236 e. The van der Waals surface area contributed by atoms with E-state index >= 15 is 0 Å². The molecule has 1 amide bonds. The number of piperazine rings is 1. The predicted molar refractivity (Wildman–Crippen MR) is 83.0 cm³/mol. The standard InChI is InChI=1S/C16H23N3O3/c1-17(2)11-16(20)19-7-5-18(6-8-19)10-13-3-4-14-15(9-13)22-12-21-14/h3-4,9H,5-8,10-12H2,1-2H3. The molecule has 2 heterocycles. The van der Waals surface area contributed by atoms with Crippen LogP contribution in [0, 0.1) is 0 Å². The van der Waals surface area contributed by atoms with Gasteiger partial charge in [-0.3, -0.25) is 9.69 Å². The number of carbonyl (C=O) groups excluding carboxylic acids is 1. The summed E-state index contributed by atoms with van der Waals surface area (Å²) in [5.41, 5.74) is 1.22. The minimum atomic E-state index is 0.215. The summed E-state index contributed by atoms with van der Waals surface area (Å²) in [5.74, 6) is 1.87. The van der Waals surface area contributed by atoms with E-state index in [4.69, 9.17) is 9.47 Å². The van der Waals surface area contributed by atoms with Crippen molar-refractivity contribution < 1.29 is 14.3 Å². The van der Waals surface area contributed by atoms with Crippen molar-refractivity contribution in [3.05, 3.63) is 23.8 Å². The molecule has 2 aliphatic heterocycles. The van der Waals surface area contributed by atoms with Crippen molar-refractivity contribution >= 4 is 5.91 Å². The molecule has 1 aromatic rings. The first-order valence-electron chi connectivity index (χ1n) is 7.65. The second-order valence-corrected chi connectivity index (χ2v) is 6.08. The van der Waals surface area contributed by atoms with Gasteiger partial charge in [-0.2, -0.15) is 0 Å². The van der Waals surface area contributed by atoms with Crippen molar-refractivity contribution in [1.82, 2.24) is 14.7 Å². The maximum absolute atomic E-state index is 12.0. The maximum atomic E-state index is 12.0. The van der Waals surface area contributed by atoms with Gasteiger partial charge in [0.05, 0.1) is 6.54 Å². The topological polar surface area (TPSA) is 45.3 Å². The summed E-state index contributed by atoms with van der Waals surface area (Å²) in [5, 5.41) is 0. The lowest BCUT2D eigenvalue weighted by molar-refractivity contribution is -0.133. The van der Waals surface area contributed by atoms with E-state index in [1.807, 2.05) is 36.0 Å². The number of amides is 1. The fraction of sp³-hybridized carbons (Fsp3) is 0.562. The van der Waals surface area contributed by atoms with Gasteiger partial charge >= 0.3 is 0 Å². The molecule has 0 unspecified atom stereocenters. The molecule has 120 valence electrons. The molecule has 1 aromatic carbocycles. The summed E-state index contributed by atoms with van der Waals surface area (Å²) in [4.78, 5) is 18.3. The third-order valence-corrected chi connectivity index (χ3v) is 4.02. The fourth-order valence-corrected chi connectivity index (χ4v) is 2.82. The minimum absolute atomic E-state index is 0.215. The highest BCUT2D eigenvalue weighted by atomic mass is 16.7. The normalized spacial score (nSPS) is 18.0. The van der Waals surface area contributed by atoms with Gasteiger partial charge in [-0.25, -0.2) is 0 Å². The first-order valence-corrected chi connectivity index (χ1v) is 7.65. The van der Waals surface area contributed by atoms with Crippen LogP contribution >= 0.6 is 0 Å². The number of benzene rings is 1. The molecule has 3 rings (SSSR count). The molecule has 1 fully saturated rings. The summed E-state index contributed by atoms with van der Waals surface area (Å²) in [6, 6.07) is 6.09. The molecule has 0 aliphatic carbocycles. The van der Waals surface area contributed by atoms with E-state index < -0.39 is 0 Å². The number of nitrogens with zero attached hydrogens (tertiary/aromatic N) is 3. The fourth-order valence-electron chi connectivity index (χ4n) is 2.82. The molecule has 2 aliphatic rings. The van der Waals surface area contributed by atoms with Gasteiger partial charge in [-0.05, 0) is 31.8 Å². The molecular formula is C16H23N3O3. The predicted octanol–water partition coefficient (Wildman–Crippen LogP) is 0.621. The third kappa shape index (κ3) is 3.51. The molecule has 0 spiro atoms. The lowest BCUT2D eigenvalue weighted by atomic mass is 10.1. The number of carbonyl (C=O) groups is 1. The van der Waals surface area contributed by atoms with Crippen LogP contribution in [0.5, 0.6) is 11.5 Å². The molecule has 0 N–H and O–H groups in total. The highest BCUT2D eigenvalue weighted by Gasteiger charge is 2.22. The van der Waals surface area contributed by atoms with E-state index in [0.29, 0.717) is 13.3 Å². The number of fused-ring (bicyclic) bond motifs is 1. The van der Waals surface area contributed by atoms with Crippen LogP contribution in [-0.4, -0.2) is 74.2 Å². The van der Waals surface area contributed by atoms with Crippen LogP contribution in [0.2, 0.25) is 0 Å². The van der Waals surface area contributed by atoms with Crippen LogP contribution in [0.15, 0.2) is 18.2 Å². The average Bonchev–Trinajstić information content (AvgIpc) is 2.95. The van der Waals surface area contributed by atoms with Gasteiger partial charge in [0.25, 0.3) is 0 Å². The Labute approximate surface area is 131 Å². The Bertz CT molecular complexity index is 539. The van der Waals surface area contributed by atoms with Crippen molar-refractivity contribution in [3.63, 3.8) is 0 Å². The smallest absolute Gasteiger partial charge is 0.236 e. The van der Waals surface area contributed by atoms with Crippen LogP contribution in [0.25, 0.3) is 0 Å². The summed E-state index contributed by atoms with van der Waals surface area (Å²) in [7, 11) is 3.85. The summed E-state index contributed by atoms with van der Waals surface area (Å²) < 4.78 is 10.7. The van der Waals surface area contributed by atoms with Gasteiger partial charge in [-0.1, -0.05) is 6.07 Å². The Morgan fingerprint density at radius 2 is 1.86 bits per heavy atom. The lowest BCUT2D eigenvalue weighted by Crippen LogP contribution is -2.50. The first kappa shape index (κ1) is 15.1. The van der Waals surface area contributed by atoms with E-state index in [1.54, 1.807) is 0 Å². The van der Waals surface area contributed by atoms with Crippen molar-refractivity contribution in [2.75, 3.05) is 53.6 Å². The molecule has 0 atom stereocenters. The minimum Gasteiger partial charge on any atom is -0.454 e. The van der Waals surface area contributed by atoms with Crippen LogP contribution in [0.4, 0.5) is 0 Å². The zero-order valence-electron chi connectivity index (χ0n) is 13.2. The van der Waals surface area contributed by atoms with E-state index in [0.717, 1.165) is 44.2 Å². The van der Waals surface area contributed by atoms with Gasteiger partial charge in [0.2, 0.25) is 12.7 Å². The molecule has 0 bridgehead atoms.